The summed E-state index contributed by atoms with van der Waals surface area (Å²) >= 11 is 1.54. The fourth-order valence-electron chi connectivity index (χ4n) is 2.88. The number of aromatic nitrogens is 2. The third-order valence-electron chi connectivity index (χ3n) is 4.26. The first-order chi connectivity index (χ1) is 10.5. The van der Waals surface area contributed by atoms with E-state index in [1.54, 1.807) is 0 Å². The number of carbonyl (C=O) groups excluding carboxylic acids is 1. The molecule has 6 heteroatoms. The van der Waals surface area contributed by atoms with Gasteiger partial charge in [-0.05, 0) is 31.6 Å². The van der Waals surface area contributed by atoms with Crippen LogP contribution in [0.25, 0.3) is 4.96 Å². The highest BCUT2D eigenvalue weighted by molar-refractivity contribution is 7.15. The molecule has 0 saturated carbocycles. The summed E-state index contributed by atoms with van der Waals surface area (Å²) in [6.45, 7) is 7.80. The quantitative estimate of drug-likeness (QED) is 0.942. The average molecular weight is 321 g/mol. The predicted molar refractivity (Wildman–Crippen MR) is 87.5 cm³/mol. The molecule has 0 aliphatic carbocycles. The molecule has 0 bridgehead atoms. The Morgan fingerprint density at radius 1 is 1.59 bits per heavy atom. The summed E-state index contributed by atoms with van der Waals surface area (Å²) in [7, 11) is 0. The highest BCUT2D eigenvalue weighted by atomic mass is 32.1. The van der Waals surface area contributed by atoms with Crippen LogP contribution < -0.4 is 5.32 Å². The Hall–Kier alpha value is -1.40. The van der Waals surface area contributed by atoms with E-state index in [-0.39, 0.29) is 12.0 Å². The van der Waals surface area contributed by atoms with Gasteiger partial charge in [-0.2, -0.15) is 0 Å². The summed E-state index contributed by atoms with van der Waals surface area (Å²) in [6, 6.07) is 0. The van der Waals surface area contributed by atoms with Gasteiger partial charge < -0.3 is 10.1 Å². The third kappa shape index (κ3) is 3.17. The average Bonchev–Trinajstić information content (AvgIpc) is 3.00. The van der Waals surface area contributed by atoms with Crippen molar-refractivity contribution in [2.45, 2.75) is 46.1 Å². The molecule has 22 heavy (non-hydrogen) atoms. The zero-order valence-corrected chi connectivity index (χ0v) is 14.2. The van der Waals surface area contributed by atoms with Crippen LogP contribution in [0.15, 0.2) is 11.6 Å². The van der Waals surface area contributed by atoms with Crippen molar-refractivity contribution >= 4 is 22.2 Å². The van der Waals surface area contributed by atoms with Crippen molar-refractivity contribution in [3.8, 4) is 0 Å². The van der Waals surface area contributed by atoms with Gasteiger partial charge in [0.2, 0.25) is 0 Å². The Morgan fingerprint density at radius 2 is 2.41 bits per heavy atom. The Kier molecular flexibility index (Phi) is 4.23. The molecule has 1 atom stereocenters. The van der Waals surface area contributed by atoms with Crippen LogP contribution in [-0.2, 0) is 4.74 Å². The van der Waals surface area contributed by atoms with Gasteiger partial charge in [-0.15, -0.1) is 11.3 Å². The van der Waals surface area contributed by atoms with Crippen LogP contribution in [0.4, 0.5) is 0 Å². The van der Waals surface area contributed by atoms with Gasteiger partial charge in [0.25, 0.3) is 5.91 Å². The Labute approximate surface area is 134 Å². The molecule has 0 aromatic carbocycles. The van der Waals surface area contributed by atoms with E-state index in [2.05, 4.69) is 24.1 Å². The number of rotatable bonds is 4. The number of nitrogens with one attached hydrogen (secondary N) is 1. The maximum absolute atomic E-state index is 12.4. The first-order valence-corrected chi connectivity index (χ1v) is 8.66. The molecule has 1 amide bonds. The number of thiazole rings is 1. The summed E-state index contributed by atoms with van der Waals surface area (Å²) < 4.78 is 7.74. The summed E-state index contributed by atoms with van der Waals surface area (Å²) in [5, 5.41) is 4.94. The Bertz CT molecular complexity index is 664. The summed E-state index contributed by atoms with van der Waals surface area (Å²) in [5.41, 5.74) is 1.71. The molecule has 1 unspecified atom stereocenters. The van der Waals surface area contributed by atoms with E-state index in [4.69, 9.17) is 4.74 Å². The monoisotopic (exact) mass is 321 g/mol. The second-order valence-corrected chi connectivity index (χ2v) is 7.65. The van der Waals surface area contributed by atoms with Gasteiger partial charge in [0.15, 0.2) is 4.96 Å². The minimum Gasteiger partial charge on any atom is -0.378 e. The Morgan fingerprint density at radius 3 is 3.14 bits per heavy atom. The number of hydrogen-bond acceptors (Lipinski definition) is 4. The van der Waals surface area contributed by atoms with Gasteiger partial charge in [-0.1, -0.05) is 13.8 Å². The van der Waals surface area contributed by atoms with Crippen molar-refractivity contribution in [1.82, 2.24) is 14.7 Å². The van der Waals surface area contributed by atoms with Crippen LogP contribution in [0.1, 0.15) is 49.3 Å². The van der Waals surface area contributed by atoms with Crippen molar-refractivity contribution < 1.29 is 9.53 Å². The Balaban J connectivity index is 1.53. The fourth-order valence-corrected chi connectivity index (χ4v) is 3.64. The number of carbonyl (C=O) groups is 1. The van der Waals surface area contributed by atoms with Gasteiger partial charge in [0.1, 0.15) is 5.69 Å². The molecule has 1 aliphatic heterocycles. The highest BCUT2D eigenvalue weighted by Crippen LogP contribution is 2.30. The molecule has 3 heterocycles. The number of imidazole rings is 1. The molecule has 2 aromatic heterocycles. The lowest BCUT2D eigenvalue weighted by Crippen LogP contribution is -2.35. The molecule has 0 radical (unpaired) electrons. The lowest BCUT2D eigenvalue weighted by molar-refractivity contribution is -0.0506. The minimum absolute atomic E-state index is 0.0560. The van der Waals surface area contributed by atoms with Gasteiger partial charge in [-0.25, -0.2) is 4.98 Å². The summed E-state index contributed by atoms with van der Waals surface area (Å²) in [6.07, 6.45) is 5.28. The van der Waals surface area contributed by atoms with Gasteiger partial charge >= 0.3 is 0 Å². The maximum atomic E-state index is 12.4. The maximum Gasteiger partial charge on any atom is 0.270 e. The lowest BCUT2D eigenvalue weighted by atomic mass is 9.85. The largest absolute Gasteiger partial charge is 0.378 e. The molecular weight excluding hydrogens is 298 g/mol. The molecule has 5 nitrogen and oxygen atoms in total. The van der Waals surface area contributed by atoms with E-state index in [1.807, 2.05) is 22.9 Å². The van der Waals surface area contributed by atoms with E-state index < -0.39 is 0 Å². The SMILES string of the molecule is Cc1nc2sccn2c1C(=O)NCCC1CCC(C)(C)CO1. The second kappa shape index (κ2) is 6.01. The van der Waals surface area contributed by atoms with Crippen LogP contribution in [-0.4, -0.2) is 34.5 Å². The molecule has 0 spiro atoms. The molecular formula is C16H23N3O2S. The van der Waals surface area contributed by atoms with E-state index in [9.17, 15) is 4.79 Å². The van der Waals surface area contributed by atoms with E-state index >= 15 is 0 Å². The third-order valence-corrected chi connectivity index (χ3v) is 5.01. The number of amides is 1. The van der Waals surface area contributed by atoms with Crippen LogP contribution in [0.3, 0.4) is 0 Å². The second-order valence-electron chi connectivity index (χ2n) is 6.78. The van der Waals surface area contributed by atoms with Gasteiger partial charge in [0, 0.05) is 18.1 Å². The fraction of sp³-hybridized carbons (Fsp3) is 0.625. The van der Waals surface area contributed by atoms with Crippen LogP contribution >= 0.6 is 11.3 Å². The van der Waals surface area contributed by atoms with E-state index in [0.717, 1.165) is 30.1 Å². The predicted octanol–water partition coefficient (Wildman–Crippen LogP) is 3.03. The van der Waals surface area contributed by atoms with Crippen LogP contribution in [0.2, 0.25) is 0 Å². The van der Waals surface area contributed by atoms with Gasteiger partial charge in [-0.3, -0.25) is 9.20 Å². The number of aryl methyl sites for hydroxylation is 1. The molecule has 3 rings (SSSR count). The van der Waals surface area contributed by atoms with Crippen molar-refractivity contribution in [3.05, 3.63) is 23.0 Å². The topological polar surface area (TPSA) is 55.6 Å². The van der Waals surface area contributed by atoms with Crippen molar-refractivity contribution in [3.63, 3.8) is 0 Å². The number of ether oxygens (including phenoxy) is 1. The zero-order chi connectivity index (χ0) is 15.7. The zero-order valence-electron chi connectivity index (χ0n) is 13.4. The molecule has 1 aliphatic rings. The van der Waals surface area contributed by atoms with E-state index in [1.165, 1.54) is 17.8 Å². The number of fused-ring (bicyclic) bond motifs is 1. The van der Waals surface area contributed by atoms with Crippen LogP contribution in [0, 0.1) is 12.3 Å². The lowest BCUT2D eigenvalue weighted by Gasteiger charge is -2.34. The van der Waals surface area contributed by atoms with Crippen LogP contribution in [0.5, 0.6) is 0 Å². The molecule has 1 saturated heterocycles. The molecule has 1 fully saturated rings. The first-order valence-electron chi connectivity index (χ1n) is 7.78. The van der Waals surface area contributed by atoms with Gasteiger partial charge in [0.05, 0.1) is 18.4 Å². The summed E-state index contributed by atoms with van der Waals surface area (Å²) in [5.74, 6) is -0.0560. The normalized spacial score (nSPS) is 21.1. The van der Waals surface area contributed by atoms with E-state index in [0.29, 0.717) is 17.7 Å². The number of hydrogen-bond donors (Lipinski definition) is 1. The number of nitrogens with zero attached hydrogens (tertiary/aromatic N) is 2. The van der Waals surface area contributed by atoms with Crippen molar-refractivity contribution in [2.75, 3.05) is 13.2 Å². The molecule has 1 N–H and O–H groups in total. The summed E-state index contributed by atoms with van der Waals surface area (Å²) in [4.78, 5) is 17.6. The smallest absolute Gasteiger partial charge is 0.270 e. The first kappa shape index (κ1) is 15.5. The molecule has 2 aromatic rings. The molecule has 120 valence electrons. The highest BCUT2D eigenvalue weighted by Gasteiger charge is 2.27. The van der Waals surface area contributed by atoms with Crippen molar-refractivity contribution in [1.29, 1.82) is 0 Å². The minimum atomic E-state index is -0.0560. The standard InChI is InChI=1S/C16H23N3O2S/c1-11-13(19-8-9-22-15(19)18-11)14(20)17-7-5-12-4-6-16(2,3)10-21-12/h8-9,12H,4-7,10H2,1-3H3,(H,17,20). The van der Waals surface area contributed by atoms with Crippen molar-refractivity contribution in [2.24, 2.45) is 5.41 Å².